The van der Waals surface area contributed by atoms with E-state index in [0.717, 1.165) is 37.2 Å². The molecule has 0 atom stereocenters. The summed E-state index contributed by atoms with van der Waals surface area (Å²) < 4.78 is 5.93. The molecular weight excluding hydrogens is 236 g/mol. The van der Waals surface area contributed by atoms with Crippen LogP contribution in [0, 0.1) is 25.7 Å². The zero-order valence-electron chi connectivity index (χ0n) is 12.6. The van der Waals surface area contributed by atoms with E-state index in [4.69, 9.17) is 4.74 Å². The van der Waals surface area contributed by atoms with E-state index >= 15 is 0 Å². The van der Waals surface area contributed by atoms with Crippen molar-refractivity contribution in [2.24, 2.45) is 11.8 Å². The van der Waals surface area contributed by atoms with Gasteiger partial charge in [0.2, 0.25) is 5.88 Å². The first-order valence-electron chi connectivity index (χ1n) is 7.37. The lowest BCUT2D eigenvalue weighted by atomic mass is 10.1. The van der Waals surface area contributed by atoms with Gasteiger partial charge in [-0.2, -0.15) is 0 Å². The normalized spacial score (nSPS) is 15.0. The van der Waals surface area contributed by atoms with Gasteiger partial charge in [0.15, 0.2) is 0 Å². The molecular formula is C16H26N2O. The molecule has 1 aliphatic rings. The average Bonchev–Trinajstić information content (AvgIpc) is 3.12. The third-order valence-electron chi connectivity index (χ3n) is 3.44. The predicted octanol–water partition coefficient (Wildman–Crippen LogP) is 3.23. The molecule has 0 amide bonds. The van der Waals surface area contributed by atoms with Gasteiger partial charge in [0, 0.05) is 17.8 Å². The number of aryl methyl sites for hydroxylation is 2. The maximum absolute atomic E-state index is 5.93. The molecule has 2 rings (SSSR count). The molecule has 0 aliphatic heterocycles. The molecule has 0 saturated heterocycles. The van der Waals surface area contributed by atoms with Crippen LogP contribution in [0.5, 0.6) is 5.88 Å². The lowest BCUT2D eigenvalue weighted by molar-refractivity contribution is 0.283. The fraction of sp³-hybridized carbons (Fsp3) is 0.688. The van der Waals surface area contributed by atoms with E-state index in [1.54, 1.807) is 0 Å². The van der Waals surface area contributed by atoms with Crippen LogP contribution in [-0.2, 0) is 6.54 Å². The molecule has 1 aromatic heterocycles. The summed E-state index contributed by atoms with van der Waals surface area (Å²) in [5, 5.41) is 3.49. The molecule has 1 aromatic rings. The topological polar surface area (TPSA) is 34.1 Å². The fourth-order valence-corrected chi connectivity index (χ4v) is 2.13. The zero-order valence-corrected chi connectivity index (χ0v) is 12.6. The number of hydrogen-bond acceptors (Lipinski definition) is 3. The van der Waals surface area contributed by atoms with Crippen molar-refractivity contribution in [3.63, 3.8) is 0 Å². The fourth-order valence-electron chi connectivity index (χ4n) is 2.13. The van der Waals surface area contributed by atoms with Crippen LogP contribution in [0.1, 0.15) is 43.5 Å². The summed E-state index contributed by atoms with van der Waals surface area (Å²) in [7, 11) is 0. The van der Waals surface area contributed by atoms with Crippen LogP contribution in [0.2, 0.25) is 0 Å². The van der Waals surface area contributed by atoms with Crippen LogP contribution in [0.25, 0.3) is 0 Å². The van der Waals surface area contributed by atoms with Crippen molar-refractivity contribution in [3.8, 4) is 5.88 Å². The van der Waals surface area contributed by atoms with Gasteiger partial charge in [-0.05, 0) is 56.7 Å². The number of nitrogens with zero attached hydrogens (tertiary/aromatic N) is 1. The number of rotatable bonds is 7. The minimum atomic E-state index is 0.662. The van der Waals surface area contributed by atoms with Gasteiger partial charge in [-0.15, -0.1) is 0 Å². The van der Waals surface area contributed by atoms with Crippen LogP contribution < -0.4 is 10.1 Å². The van der Waals surface area contributed by atoms with E-state index in [0.29, 0.717) is 5.92 Å². The van der Waals surface area contributed by atoms with E-state index in [-0.39, 0.29) is 0 Å². The van der Waals surface area contributed by atoms with E-state index < -0.39 is 0 Å². The summed E-state index contributed by atoms with van der Waals surface area (Å²) >= 11 is 0. The highest BCUT2D eigenvalue weighted by atomic mass is 16.5. The second-order valence-corrected chi connectivity index (χ2v) is 6.14. The van der Waals surface area contributed by atoms with Crippen LogP contribution in [0.15, 0.2) is 6.07 Å². The van der Waals surface area contributed by atoms with E-state index in [9.17, 15) is 0 Å². The van der Waals surface area contributed by atoms with Crippen molar-refractivity contribution in [1.29, 1.82) is 0 Å². The van der Waals surface area contributed by atoms with Gasteiger partial charge < -0.3 is 10.1 Å². The lowest BCUT2D eigenvalue weighted by Gasteiger charge is -2.15. The maximum atomic E-state index is 5.93. The Labute approximate surface area is 116 Å². The largest absolute Gasteiger partial charge is 0.477 e. The van der Waals surface area contributed by atoms with Crippen molar-refractivity contribution in [1.82, 2.24) is 10.3 Å². The molecule has 19 heavy (non-hydrogen) atoms. The van der Waals surface area contributed by atoms with E-state index in [2.05, 4.69) is 37.1 Å². The SMILES string of the molecule is Cc1cc(C)c(CNCC(C)C)c(OCC2CC2)n1. The summed E-state index contributed by atoms with van der Waals surface area (Å²) in [6, 6.07) is 2.14. The Morgan fingerprint density at radius 3 is 2.74 bits per heavy atom. The van der Waals surface area contributed by atoms with Crippen molar-refractivity contribution in [2.75, 3.05) is 13.2 Å². The molecule has 0 radical (unpaired) electrons. The summed E-state index contributed by atoms with van der Waals surface area (Å²) in [5.74, 6) is 2.26. The van der Waals surface area contributed by atoms with E-state index in [1.807, 2.05) is 6.92 Å². The molecule has 0 aromatic carbocycles. The summed E-state index contributed by atoms with van der Waals surface area (Å²) in [5.41, 5.74) is 3.53. The van der Waals surface area contributed by atoms with Gasteiger partial charge in [0.05, 0.1) is 6.61 Å². The summed E-state index contributed by atoms with van der Waals surface area (Å²) in [6.45, 7) is 11.3. The molecule has 1 aliphatic carbocycles. The van der Waals surface area contributed by atoms with Crippen LogP contribution in [0.3, 0.4) is 0 Å². The average molecular weight is 262 g/mol. The van der Waals surface area contributed by atoms with Gasteiger partial charge in [-0.1, -0.05) is 13.8 Å². The first-order valence-corrected chi connectivity index (χ1v) is 7.37. The Balaban J connectivity index is 2.03. The van der Waals surface area contributed by atoms with Crippen LogP contribution in [-0.4, -0.2) is 18.1 Å². The Hall–Kier alpha value is -1.09. The molecule has 0 unspecified atom stereocenters. The molecule has 1 saturated carbocycles. The molecule has 3 nitrogen and oxygen atoms in total. The minimum Gasteiger partial charge on any atom is -0.477 e. The molecule has 106 valence electrons. The highest BCUT2D eigenvalue weighted by Crippen LogP contribution is 2.30. The Kier molecular flexibility index (Phi) is 4.81. The molecule has 0 spiro atoms. The molecule has 1 N–H and O–H groups in total. The van der Waals surface area contributed by atoms with Crippen LogP contribution >= 0.6 is 0 Å². The molecule has 3 heteroatoms. The second-order valence-electron chi connectivity index (χ2n) is 6.14. The third-order valence-corrected chi connectivity index (χ3v) is 3.44. The molecule has 1 fully saturated rings. The van der Waals surface area contributed by atoms with Crippen molar-refractivity contribution in [2.45, 2.75) is 47.1 Å². The number of nitrogens with one attached hydrogen (secondary N) is 1. The second kappa shape index (κ2) is 6.38. The standard InChI is InChI=1S/C16H26N2O/c1-11(2)8-17-9-15-12(3)7-13(4)18-16(15)19-10-14-5-6-14/h7,11,14,17H,5-6,8-10H2,1-4H3. The van der Waals surface area contributed by atoms with Gasteiger partial charge in [0.1, 0.15) is 0 Å². The van der Waals surface area contributed by atoms with Crippen molar-refractivity contribution >= 4 is 0 Å². The smallest absolute Gasteiger partial charge is 0.218 e. The van der Waals surface area contributed by atoms with Crippen LogP contribution in [0.4, 0.5) is 0 Å². The number of ether oxygens (including phenoxy) is 1. The molecule has 1 heterocycles. The highest BCUT2D eigenvalue weighted by molar-refractivity contribution is 5.35. The van der Waals surface area contributed by atoms with Gasteiger partial charge in [-0.25, -0.2) is 4.98 Å². The van der Waals surface area contributed by atoms with Gasteiger partial charge in [-0.3, -0.25) is 0 Å². The first-order chi connectivity index (χ1) is 9.06. The van der Waals surface area contributed by atoms with E-state index in [1.165, 1.54) is 24.0 Å². The van der Waals surface area contributed by atoms with Gasteiger partial charge >= 0.3 is 0 Å². The third kappa shape index (κ3) is 4.50. The first kappa shape index (κ1) is 14.3. The Morgan fingerprint density at radius 1 is 1.37 bits per heavy atom. The van der Waals surface area contributed by atoms with Gasteiger partial charge in [0.25, 0.3) is 0 Å². The quantitative estimate of drug-likeness (QED) is 0.819. The molecule has 0 bridgehead atoms. The summed E-state index contributed by atoms with van der Waals surface area (Å²) in [6.07, 6.45) is 2.62. The number of pyridine rings is 1. The maximum Gasteiger partial charge on any atom is 0.218 e. The highest BCUT2D eigenvalue weighted by Gasteiger charge is 2.23. The number of hydrogen-bond donors (Lipinski definition) is 1. The Bertz CT molecular complexity index is 425. The Morgan fingerprint density at radius 2 is 2.11 bits per heavy atom. The zero-order chi connectivity index (χ0) is 13.8. The summed E-state index contributed by atoms with van der Waals surface area (Å²) in [4.78, 5) is 4.57. The minimum absolute atomic E-state index is 0.662. The lowest BCUT2D eigenvalue weighted by Crippen LogP contribution is -2.20. The van der Waals surface area contributed by atoms with Crippen molar-refractivity contribution in [3.05, 3.63) is 22.9 Å². The monoisotopic (exact) mass is 262 g/mol. The van der Waals surface area contributed by atoms with Crippen molar-refractivity contribution < 1.29 is 4.74 Å². The predicted molar refractivity (Wildman–Crippen MR) is 78.5 cm³/mol. The number of aromatic nitrogens is 1.